The van der Waals surface area contributed by atoms with Crippen LogP contribution in [0.2, 0.25) is 0 Å². The van der Waals surface area contributed by atoms with Gasteiger partial charge >= 0.3 is 0 Å². The lowest BCUT2D eigenvalue weighted by atomic mass is 10.1. The average Bonchev–Trinajstić information content (AvgIpc) is 2.47. The molecule has 0 bridgehead atoms. The van der Waals surface area contributed by atoms with Gasteiger partial charge in [0.2, 0.25) is 0 Å². The van der Waals surface area contributed by atoms with Gasteiger partial charge in [-0.05, 0) is 12.5 Å². The summed E-state index contributed by atoms with van der Waals surface area (Å²) in [6.07, 6.45) is 1.61. The van der Waals surface area contributed by atoms with Crippen LogP contribution in [0, 0.1) is 0 Å². The Bertz CT molecular complexity index is 270. The van der Waals surface area contributed by atoms with Gasteiger partial charge in [-0.2, -0.15) is 5.10 Å². The Morgan fingerprint density at radius 3 is 2.85 bits per heavy atom. The number of hydrogen-bond acceptors (Lipinski definition) is 3. The molecule has 1 atom stereocenters. The van der Waals surface area contributed by atoms with Gasteiger partial charge in [0.25, 0.3) is 0 Å². The summed E-state index contributed by atoms with van der Waals surface area (Å²) in [7, 11) is 1.90. The number of nitrogens with zero attached hydrogens (tertiary/aromatic N) is 2. The number of nitrogens with two attached hydrogens (primary N) is 1. The summed E-state index contributed by atoms with van der Waals surface area (Å²) in [6.45, 7) is 2.09. The molecule has 0 saturated carbocycles. The molecule has 0 aliphatic carbocycles. The standard InChI is InChI=1S/C9H17N3O/c1-3-8-5-9(12(2)11-8)4-7(10)6-13/h5,7,13H,3-4,6,10H2,1-2H3. The predicted octanol–water partition coefficient (Wildman–Crippen LogP) is -0.155. The Morgan fingerprint density at radius 2 is 2.38 bits per heavy atom. The minimum Gasteiger partial charge on any atom is -0.395 e. The van der Waals surface area contributed by atoms with Crippen molar-refractivity contribution in [3.05, 3.63) is 17.5 Å². The molecule has 1 rings (SSSR count). The Kier molecular flexibility index (Phi) is 3.45. The van der Waals surface area contributed by atoms with E-state index in [2.05, 4.69) is 12.0 Å². The summed E-state index contributed by atoms with van der Waals surface area (Å²) < 4.78 is 1.83. The van der Waals surface area contributed by atoms with E-state index in [0.29, 0.717) is 6.42 Å². The van der Waals surface area contributed by atoms with Crippen molar-refractivity contribution in [2.24, 2.45) is 12.8 Å². The van der Waals surface area contributed by atoms with Crippen molar-refractivity contribution >= 4 is 0 Å². The summed E-state index contributed by atoms with van der Waals surface area (Å²) >= 11 is 0. The van der Waals surface area contributed by atoms with E-state index in [1.165, 1.54) is 0 Å². The molecular weight excluding hydrogens is 166 g/mol. The number of aliphatic hydroxyl groups is 1. The van der Waals surface area contributed by atoms with Gasteiger partial charge in [-0.15, -0.1) is 0 Å². The zero-order valence-electron chi connectivity index (χ0n) is 8.20. The lowest BCUT2D eigenvalue weighted by Gasteiger charge is -2.06. The largest absolute Gasteiger partial charge is 0.395 e. The first-order valence-corrected chi connectivity index (χ1v) is 4.55. The molecule has 3 N–H and O–H groups in total. The third-order valence-corrected chi connectivity index (χ3v) is 2.10. The topological polar surface area (TPSA) is 64.1 Å². The first kappa shape index (κ1) is 10.2. The molecule has 1 aromatic heterocycles. The van der Waals surface area contributed by atoms with Crippen molar-refractivity contribution in [3.8, 4) is 0 Å². The fraction of sp³-hybridized carbons (Fsp3) is 0.667. The van der Waals surface area contributed by atoms with Crippen LogP contribution in [-0.2, 0) is 19.9 Å². The lowest BCUT2D eigenvalue weighted by Crippen LogP contribution is -2.27. The van der Waals surface area contributed by atoms with E-state index in [-0.39, 0.29) is 12.6 Å². The average molecular weight is 183 g/mol. The highest BCUT2D eigenvalue weighted by molar-refractivity contribution is 5.11. The summed E-state index contributed by atoms with van der Waals surface area (Å²) in [5.74, 6) is 0. The van der Waals surface area contributed by atoms with Crippen LogP contribution in [0.5, 0.6) is 0 Å². The van der Waals surface area contributed by atoms with Gasteiger partial charge in [0.05, 0.1) is 12.3 Å². The summed E-state index contributed by atoms with van der Waals surface area (Å²) in [5, 5.41) is 13.1. The predicted molar refractivity (Wildman–Crippen MR) is 51.4 cm³/mol. The van der Waals surface area contributed by atoms with Crippen LogP contribution in [0.3, 0.4) is 0 Å². The fourth-order valence-corrected chi connectivity index (χ4v) is 1.27. The maximum Gasteiger partial charge on any atom is 0.0624 e. The Morgan fingerprint density at radius 1 is 1.69 bits per heavy atom. The molecular formula is C9H17N3O. The maximum atomic E-state index is 8.80. The third-order valence-electron chi connectivity index (χ3n) is 2.10. The molecule has 13 heavy (non-hydrogen) atoms. The second-order valence-corrected chi connectivity index (χ2v) is 3.25. The van der Waals surface area contributed by atoms with Crippen molar-refractivity contribution in [2.45, 2.75) is 25.8 Å². The highest BCUT2D eigenvalue weighted by Crippen LogP contribution is 2.05. The molecule has 1 heterocycles. The van der Waals surface area contributed by atoms with Crippen molar-refractivity contribution in [2.75, 3.05) is 6.61 Å². The summed E-state index contributed by atoms with van der Waals surface area (Å²) in [5.41, 5.74) is 7.79. The molecule has 0 aromatic carbocycles. The van der Waals surface area contributed by atoms with Crippen LogP contribution in [0.4, 0.5) is 0 Å². The van der Waals surface area contributed by atoms with E-state index in [1.54, 1.807) is 0 Å². The molecule has 0 saturated heterocycles. The van der Waals surface area contributed by atoms with E-state index in [1.807, 2.05) is 17.8 Å². The van der Waals surface area contributed by atoms with Gasteiger partial charge in [0, 0.05) is 25.2 Å². The first-order chi connectivity index (χ1) is 6.17. The van der Waals surface area contributed by atoms with Crippen LogP contribution in [0.15, 0.2) is 6.07 Å². The molecule has 1 aromatic rings. The van der Waals surface area contributed by atoms with Gasteiger partial charge < -0.3 is 10.8 Å². The zero-order chi connectivity index (χ0) is 9.84. The van der Waals surface area contributed by atoms with Crippen LogP contribution in [0.25, 0.3) is 0 Å². The minimum absolute atomic E-state index is 0.0205. The van der Waals surface area contributed by atoms with Gasteiger partial charge in [-0.1, -0.05) is 6.92 Å². The smallest absolute Gasteiger partial charge is 0.0624 e. The van der Waals surface area contributed by atoms with Crippen molar-refractivity contribution in [1.29, 1.82) is 0 Å². The Labute approximate surface area is 78.4 Å². The molecule has 4 heteroatoms. The van der Waals surface area contributed by atoms with Gasteiger partial charge in [0.1, 0.15) is 0 Å². The number of aliphatic hydroxyl groups excluding tert-OH is 1. The van der Waals surface area contributed by atoms with Crippen LogP contribution in [0.1, 0.15) is 18.3 Å². The molecule has 0 amide bonds. The van der Waals surface area contributed by atoms with Crippen molar-refractivity contribution < 1.29 is 5.11 Å². The van der Waals surface area contributed by atoms with Crippen molar-refractivity contribution in [3.63, 3.8) is 0 Å². The number of hydrogen-bond donors (Lipinski definition) is 2. The highest BCUT2D eigenvalue weighted by Gasteiger charge is 2.07. The number of aromatic nitrogens is 2. The van der Waals surface area contributed by atoms with E-state index in [9.17, 15) is 0 Å². The molecule has 0 aliphatic heterocycles. The second kappa shape index (κ2) is 4.39. The molecule has 0 spiro atoms. The van der Waals surface area contributed by atoms with E-state index < -0.39 is 0 Å². The van der Waals surface area contributed by atoms with E-state index in [4.69, 9.17) is 10.8 Å². The third kappa shape index (κ3) is 2.54. The number of rotatable bonds is 4. The van der Waals surface area contributed by atoms with Gasteiger partial charge in [-0.25, -0.2) is 0 Å². The summed E-state index contributed by atoms with van der Waals surface area (Å²) in [6, 6.07) is 1.86. The van der Waals surface area contributed by atoms with Crippen LogP contribution >= 0.6 is 0 Å². The Hall–Kier alpha value is -0.870. The zero-order valence-corrected chi connectivity index (χ0v) is 8.20. The first-order valence-electron chi connectivity index (χ1n) is 4.55. The maximum absolute atomic E-state index is 8.80. The van der Waals surface area contributed by atoms with Crippen molar-refractivity contribution in [1.82, 2.24) is 9.78 Å². The fourth-order valence-electron chi connectivity index (χ4n) is 1.27. The van der Waals surface area contributed by atoms with Crippen LogP contribution < -0.4 is 5.73 Å². The molecule has 0 fully saturated rings. The quantitative estimate of drug-likeness (QED) is 0.682. The molecule has 74 valence electrons. The van der Waals surface area contributed by atoms with Gasteiger partial charge in [-0.3, -0.25) is 4.68 Å². The molecule has 4 nitrogen and oxygen atoms in total. The molecule has 1 unspecified atom stereocenters. The van der Waals surface area contributed by atoms with E-state index >= 15 is 0 Å². The van der Waals surface area contributed by atoms with Gasteiger partial charge in [0.15, 0.2) is 0 Å². The molecule has 0 aliphatic rings. The monoisotopic (exact) mass is 183 g/mol. The highest BCUT2D eigenvalue weighted by atomic mass is 16.3. The summed E-state index contributed by atoms with van der Waals surface area (Å²) in [4.78, 5) is 0. The number of aryl methyl sites for hydroxylation is 2. The minimum atomic E-state index is -0.180. The van der Waals surface area contributed by atoms with E-state index in [0.717, 1.165) is 17.8 Å². The normalized spacial score (nSPS) is 13.2. The SMILES string of the molecule is CCc1cc(CC(N)CO)n(C)n1. The molecule has 0 radical (unpaired) electrons. The van der Waals surface area contributed by atoms with Crippen LogP contribution in [-0.4, -0.2) is 27.5 Å². The second-order valence-electron chi connectivity index (χ2n) is 3.25. The lowest BCUT2D eigenvalue weighted by molar-refractivity contribution is 0.264. The Balaban J connectivity index is 2.70.